The Morgan fingerprint density at radius 2 is 1.85 bits per heavy atom. The Labute approximate surface area is 348 Å². The molecule has 4 aromatic rings. The van der Waals surface area contributed by atoms with Gasteiger partial charge in [-0.2, -0.15) is 13.2 Å². The van der Waals surface area contributed by atoms with Crippen molar-refractivity contribution in [1.82, 2.24) is 34.9 Å². The Balaban J connectivity index is 0.931. The molecule has 3 aliphatic heterocycles. The highest BCUT2D eigenvalue weighted by molar-refractivity contribution is 6.05. The second-order valence-electron chi connectivity index (χ2n) is 16.1. The van der Waals surface area contributed by atoms with Crippen LogP contribution in [0.2, 0.25) is 0 Å². The number of nitrogens with zero attached hydrogens (tertiary/aromatic N) is 6. The molecule has 4 amide bonds. The van der Waals surface area contributed by atoms with Crippen LogP contribution < -0.4 is 26.6 Å². The molecule has 3 fully saturated rings. The second-order valence-corrected chi connectivity index (χ2v) is 16.1. The third kappa shape index (κ3) is 9.26. The zero-order chi connectivity index (χ0) is 43.7. The Hall–Kier alpha value is -6.21. The summed E-state index contributed by atoms with van der Waals surface area (Å²) in [4.78, 5) is 67.1. The number of aromatic nitrogens is 4. The Bertz CT molecular complexity index is 2400. The van der Waals surface area contributed by atoms with E-state index in [-0.39, 0.29) is 52.6 Å². The zero-order valence-corrected chi connectivity index (χ0v) is 33.6. The molecular weight excluding hydrogens is 801 g/mol. The first-order chi connectivity index (χ1) is 29.0. The highest BCUT2D eigenvalue weighted by Gasteiger charge is 2.45. The number of piperidine rings is 2. The van der Waals surface area contributed by atoms with Crippen LogP contribution in [0.3, 0.4) is 0 Å². The van der Waals surface area contributed by atoms with Crippen molar-refractivity contribution in [3.63, 3.8) is 0 Å². The molecule has 322 valence electrons. The molecule has 3 aliphatic rings. The molecule has 3 aromatic heterocycles. The lowest BCUT2D eigenvalue weighted by atomic mass is 9.72. The third-order valence-corrected chi connectivity index (χ3v) is 11.4. The average molecular weight is 847 g/mol. The molecule has 0 saturated carbocycles. The number of ether oxygens (including phenoxy) is 1. The van der Waals surface area contributed by atoms with Crippen LogP contribution in [0.5, 0.6) is 0 Å². The highest BCUT2D eigenvalue weighted by atomic mass is 19.4. The summed E-state index contributed by atoms with van der Waals surface area (Å²) in [7, 11) is 0. The van der Waals surface area contributed by atoms with E-state index in [1.54, 1.807) is 30.5 Å². The lowest BCUT2D eigenvalue weighted by Gasteiger charge is -2.54. The minimum Gasteiger partial charge on any atom is -0.382 e. The van der Waals surface area contributed by atoms with Gasteiger partial charge in [-0.1, -0.05) is 18.7 Å². The van der Waals surface area contributed by atoms with Crippen molar-refractivity contribution < 1.29 is 41.5 Å². The first-order valence-electron chi connectivity index (χ1n) is 19.8. The molecule has 5 N–H and O–H groups in total. The van der Waals surface area contributed by atoms with Gasteiger partial charge in [-0.05, 0) is 75.3 Å². The first-order valence-corrected chi connectivity index (χ1v) is 19.8. The highest BCUT2D eigenvalue weighted by Crippen LogP contribution is 2.42. The summed E-state index contributed by atoms with van der Waals surface area (Å²) >= 11 is 0. The smallest absolute Gasteiger partial charge is 0.382 e. The fourth-order valence-corrected chi connectivity index (χ4v) is 8.16. The van der Waals surface area contributed by atoms with Gasteiger partial charge in [0.25, 0.3) is 11.8 Å². The predicted molar refractivity (Wildman–Crippen MR) is 218 cm³/mol. The topological polar surface area (TPSA) is 189 Å². The number of nitrogens with one attached hydrogen (secondary N) is 3. The predicted octanol–water partition coefficient (Wildman–Crippen LogP) is 4.91. The van der Waals surface area contributed by atoms with Crippen LogP contribution in [0.25, 0.3) is 16.8 Å². The SMILES string of the molecule is C=C/C=C(/C(=O)NC1CCC(=O)NC1=O)C(C)(C)OCCCN1CC2(CCN(c3nc(-c4ccc(C(=O)Nc5cc(C(F)(F)F)ccn5)cc4F)c4c(N)nccn34)CC2)C1. The summed E-state index contributed by atoms with van der Waals surface area (Å²) in [5.41, 5.74) is 5.36. The molecule has 7 rings (SSSR count). The maximum absolute atomic E-state index is 15.8. The maximum atomic E-state index is 15.8. The monoisotopic (exact) mass is 846 g/mol. The number of nitrogen functional groups attached to an aromatic ring is 1. The average Bonchev–Trinajstić information content (AvgIpc) is 3.59. The number of anilines is 3. The van der Waals surface area contributed by atoms with E-state index in [0.29, 0.717) is 42.8 Å². The van der Waals surface area contributed by atoms with Crippen molar-refractivity contribution >= 4 is 46.7 Å². The van der Waals surface area contributed by atoms with Gasteiger partial charge in [-0.15, -0.1) is 0 Å². The number of halogens is 4. The van der Waals surface area contributed by atoms with Gasteiger partial charge < -0.3 is 30.9 Å². The number of carbonyl (C=O) groups is 4. The number of carbonyl (C=O) groups excluding carboxylic acids is 4. The van der Waals surface area contributed by atoms with Gasteiger partial charge in [0.2, 0.25) is 17.8 Å². The van der Waals surface area contributed by atoms with Crippen LogP contribution in [-0.2, 0) is 25.3 Å². The summed E-state index contributed by atoms with van der Waals surface area (Å²) in [6.45, 7) is 11.7. The maximum Gasteiger partial charge on any atom is 0.416 e. The van der Waals surface area contributed by atoms with Gasteiger partial charge >= 0.3 is 6.18 Å². The van der Waals surface area contributed by atoms with Gasteiger partial charge in [-0.25, -0.2) is 19.3 Å². The molecule has 0 radical (unpaired) electrons. The van der Waals surface area contributed by atoms with Gasteiger partial charge in [0, 0.05) is 81.0 Å². The van der Waals surface area contributed by atoms with Gasteiger partial charge in [0.05, 0.1) is 11.2 Å². The number of alkyl halides is 3. The normalized spacial score (nSPS) is 18.5. The molecule has 6 heterocycles. The minimum absolute atomic E-state index is 0.0659. The number of nitrogens with two attached hydrogens (primary N) is 1. The van der Waals surface area contributed by atoms with Crippen LogP contribution >= 0.6 is 0 Å². The summed E-state index contributed by atoms with van der Waals surface area (Å²) in [5, 5.41) is 7.25. The van der Waals surface area contributed by atoms with Crippen molar-refractivity contribution in [2.24, 2.45) is 5.41 Å². The van der Waals surface area contributed by atoms with Gasteiger partial charge in [-0.3, -0.25) is 28.9 Å². The molecule has 1 atom stereocenters. The van der Waals surface area contributed by atoms with Crippen molar-refractivity contribution in [3.05, 3.63) is 90.2 Å². The van der Waals surface area contributed by atoms with Gasteiger partial charge in [0.1, 0.15) is 34.7 Å². The molecule has 3 saturated heterocycles. The molecule has 0 bridgehead atoms. The standard InChI is InChI=1S/C42H46F4N10O5/c1-4-6-28(37(59)50-30-9-10-32(57)52-38(30)60)40(2,3)61-20-5-16-54-23-41(24-54)12-17-55(18-13-41)39-53-33(34-35(47)49-15-19-56(34)39)27-8-7-25(21-29(27)43)36(58)51-31-22-26(11-14-48-31)42(44,45)46/h4,6-8,11,14-15,19,21-22,30H,1,5,9-10,12-13,16-18,20,23-24H2,2-3H3,(H2,47,49)(H,50,59)(H,48,51,58)(H,52,57,60)/b28-6-. The van der Waals surface area contributed by atoms with E-state index in [4.69, 9.17) is 15.5 Å². The van der Waals surface area contributed by atoms with E-state index < -0.39 is 46.9 Å². The van der Waals surface area contributed by atoms with Gasteiger partial charge in [0.15, 0.2) is 0 Å². The molecule has 1 unspecified atom stereocenters. The number of pyridine rings is 1. The van der Waals surface area contributed by atoms with Crippen molar-refractivity contribution in [1.29, 1.82) is 0 Å². The van der Waals surface area contributed by atoms with Crippen LogP contribution in [0.4, 0.5) is 35.1 Å². The number of hydrogen-bond acceptors (Lipinski definition) is 11. The van der Waals surface area contributed by atoms with E-state index in [2.05, 4.69) is 42.3 Å². The molecule has 1 aromatic carbocycles. The number of benzene rings is 1. The lowest BCUT2D eigenvalue weighted by Crippen LogP contribution is -2.60. The number of allylic oxidation sites excluding steroid dienone is 2. The quantitative estimate of drug-likeness (QED) is 0.0471. The van der Waals surface area contributed by atoms with Crippen LogP contribution in [0, 0.1) is 11.2 Å². The van der Waals surface area contributed by atoms with E-state index in [1.165, 1.54) is 24.4 Å². The number of likely N-dealkylation sites (tertiary alicyclic amines) is 1. The zero-order valence-electron chi connectivity index (χ0n) is 33.6. The molecule has 0 aliphatic carbocycles. The van der Waals surface area contributed by atoms with Crippen LogP contribution in [0.1, 0.15) is 61.9 Å². The number of rotatable bonds is 13. The third-order valence-electron chi connectivity index (χ3n) is 11.4. The first kappa shape index (κ1) is 42.9. The van der Waals surface area contributed by atoms with Crippen molar-refractivity contribution in [2.45, 2.75) is 63.8 Å². The van der Waals surface area contributed by atoms with E-state index in [9.17, 15) is 32.3 Å². The summed E-state index contributed by atoms with van der Waals surface area (Å²) in [6, 6.07) is 4.37. The molecular formula is C42H46F4N10O5. The number of fused-ring (bicyclic) bond motifs is 1. The van der Waals surface area contributed by atoms with Crippen LogP contribution in [0.15, 0.2) is 73.2 Å². The van der Waals surface area contributed by atoms with E-state index in [1.807, 2.05) is 0 Å². The second kappa shape index (κ2) is 17.0. The van der Waals surface area contributed by atoms with Crippen molar-refractivity contribution in [3.8, 4) is 11.3 Å². The lowest BCUT2D eigenvalue weighted by molar-refractivity contribution is -0.138. The Kier molecular flexibility index (Phi) is 12.0. The summed E-state index contributed by atoms with van der Waals surface area (Å²) in [6.07, 6.45) is 5.50. The van der Waals surface area contributed by atoms with E-state index >= 15 is 4.39 Å². The van der Waals surface area contributed by atoms with Crippen molar-refractivity contribution in [2.75, 3.05) is 55.3 Å². The molecule has 15 nitrogen and oxygen atoms in total. The molecule has 19 heteroatoms. The molecule has 1 spiro atoms. The fourth-order valence-electron chi connectivity index (χ4n) is 8.16. The minimum atomic E-state index is -4.63. The Morgan fingerprint density at radius 1 is 1.10 bits per heavy atom. The van der Waals surface area contributed by atoms with Crippen LogP contribution in [-0.4, -0.2) is 98.9 Å². The number of hydrogen-bond donors (Lipinski definition) is 4. The largest absolute Gasteiger partial charge is 0.416 e. The number of imidazole rings is 1. The molecule has 61 heavy (non-hydrogen) atoms. The summed E-state index contributed by atoms with van der Waals surface area (Å²) in [5.74, 6) is -2.62. The summed E-state index contributed by atoms with van der Waals surface area (Å²) < 4.78 is 63.2. The van der Waals surface area contributed by atoms with E-state index in [0.717, 1.165) is 57.2 Å². The number of imide groups is 1. The fraction of sp³-hybridized carbons (Fsp3) is 0.405. The number of amides is 4. The Morgan fingerprint density at radius 3 is 2.54 bits per heavy atom.